The van der Waals surface area contributed by atoms with Crippen LogP contribution in [0.25, 0.3) is 0 Å². The Kier molecular flexibility index (Phi) is 3.33. The number of benzene rings is 1. The number of hydrogen-bond donors (Lipinski definition) is 0. The summed E-state index contributed by atoms with van der Waals surface area (Å²) in [5.74, 6) is -2.23. The molecule has 0 fully saturated rings. The van der Waals surface area contributed by atoms with E-state index in [1.807, 2.05) is 6.92 Å². The molecule has 0 bridgehead atoms. The van der Waals surface area contributed by atoms with Gasteiger partial charge in [0.15, 0.2) is 0 Å². The fourth-order valence-electron chi connectivity index (χ4n) is 1.53. The van der Waals surface area contributed by atoms with Crippen molar-refractivity contribution in [1.82, 2.24) is 0 Å². The predicted octanol–water partition coefficient (Wildman–Crippen LogP) is 3.82. The third kappa shape index (κ3) is 2.26. The van der Waals surface area contributed by atoms with E-state index in [0.717, 1.165) is 23.4 Å². The van der Waals surface area contributed by atoms with Crippen molar-refractivity contribution in [2.24, 2.45) is 0 Å². The maximum atomic E-state index is 13.4. The first-order valence-corrected chi connectivity index (χ1v) is 6.02. The molecule has 1 aromatic heterocycles. The molecule has 4 heteroatoms. The number of hydrogen-bond acceptors (Lipinski definition) is 2. The summed E-state index contributed by atoms with van der Waals surface area (Å²) in [7, 11) is 0. The van der Waals surface area contributed by atoms with Crippen molar-refractivity contribution in [1.29, 1.82) is 0 Å². The normalized spacial score (nSPS) is 10.5. The van der Waals surface area contributed by atoms with Crippen LogP contribution in [-0.2, 0) is 6.42 Å². The highest BCUT2D eigenvalue weighted by molar-refractivity contribution is 7.14. The summed E-state index contributed by atoms with van der Waals surface area (Å²) in [5.41, 5.74) is -0.475. The molecule has 0 aliphatic rings. The van der Waals surface area contributed by atoms with Crippen molar-refractivity contribution in [3.8, 4) is 0 Å². The lowest BCUT2D eigenvalue weighted by Gasteiger charge is -2.01. The van der Waals surface area contributed by atoms with E-state index in [1.165, 1.54) is 17.4 Å². The molecule has 0 saturated heterocycles. The Morgan fingerprint density at radius 2 is 1.82 bits per heavy atom. The van der Waals surface area contributed by atoms with Crippen molar-refractivity contribution >= 4 is 17.1 Å². The molecule has 1 aromatic carbocycles. The van der Waals surface area contributed by atoms with Crippen LogP contribution in [0.15, 0.2) is 30.3 Å². The van der Waals surface area contributed by atoms with Crippen LogP contribution >= 0.6 is 11.3 Å². The van der Waals surface area contributed by atoms with E-state index < -0.39 is 23.0 Å². The molecular weight excluding hydrogens is 242 g/mol. The second-order valence-electron chi connectivity index (χ2n) is 3.55. The van der Waals surface area contributed by atoms with E-state index >= 15 is 0 Å². The summed E-state index contributed by atoms with van der Waals surface area (Å²) in [6.45, 7) is 1.96. The van der Waals surface area contributed by atoms with Gasteiger partial charge in [-0.2, -0.15) is 0 Å². The predicted molar refractivity (Wildman–Crippen MR) is 63.5 cm³/mol. The Morgan fingerprint density at radius 1 is 1.18 bits per heavy atom. The van der Waals surface area contributed by atoms with Crippen LogP contribution in [0.4, 0.5) is 8.78 Å². The molecule has 1 nitrogen and oxygen atoms in total. The lowest BCUT2D eigenvalue weighted by Crippen LogP contribution is -2.05. The van der Waals surface area contributed by atoms with Gasteiger partial charge in [-0.1, -0.05) is 13.0 Å². The molecule has 0 aliphatic heterocycles. The van der Waals surface area contributed by atoms with Crippen LogP contribution in [0.1, 0.15) is 27.0 Å². The van der Waals surface area contributed by atoms with Gasteiger partial charge in [0, 0.05) is 4.88 Å². The molecule has 0 amide bonds. The zero-order chi connectivity index (χ0) is 12.4. The van der Waals surface area contributed by atoms with Gasteiger partial charge in [-0.25, -0.2) is 8.78 Å². The third-order valence-corrected chi connectivity index (χ3v) is 3.65. The van der Waals surface area contributed by atoms with Gasteiger partial charge < -0.3 is 0 Å². The molecule has 0 saturated carbocycles. The van der Waals surface area contributed by atoms with Crippen LogP contribution in [0, 0.1) is 11.6 Å². The Bertz CT molecular complexity index is 540. The van der Waals surface area contributed by atoms with Crippen LogP contribution < -0.4 is 0 Å². The Morgan fingerprint density at radius 3 is 2.35 bits per heavy atom. The van der Waals surface area contributed by atoms with Crippen molar-refractivity contribution in [2.45, 2.75) is 13.3 Å². The molecule has 88 valence electrons. The molecule has 0 spiro atoms. The molecule has 2 aromatic rings. The number of carbonyl (C=O) groups excluding carboxylic acids is 1. The van der Waals surface area contributed by atoms with Gasteiger partial charge in [-0.05, 0) is 30.7 Å². The monoisotopic (exact) mass is 252 g/mol. The van der Waals surface area contributed by atoms with Gasteiger partial charge >= 0.3 is 0 Å². The van der Waals surface area contributed by atoms with Gasteiger partial charge in [-0.3, -0.25) is 4.79 Å². The van der Waals surface area contributed by atoms with Crippen molar-refractivity contribution in [3.63, 3.8) is 0 Å². The Labute approximate surface area is 102 Å². The van der Waals surface area contributed by atoms with E-state index in [2.05, 4.69) is 0 Å². The Balaban J connectivity index is 2.43. The molecule has 0 N–H and O–H groups in total. The number of ketones is 1. The summed E-state index contributed by atoms with van der Waals surface area (Å²) in [5, 5.41) is 0. The lowest BCUT2D eigenvalue weighted by molar-refractivity contribution is 0.103. The summed E-state index contributed by atoms with van der Waals surface area (Å²) < 4.78 is 26.8. The fourth-order valence-corrected chi connectivity index (χ4v) is 2.42. The standard InChI is InChI=1S/C13H10F2OS/c1-2-8-6-7-11(17-8)13(16)12-9(14)4-3-5-10(12)15/h3-7H,2H2,1H3. The number of thiophene rings is 1. The van der Waals surface area contributed by atoms with E-state index in [0.29, 0.717) is 4.88 Å². The first-order chi connectivity index (χ1) is 8.13. The van der Waals surface area contributed by atoms with E-state index in [1.54, 1.807) is 12.1 Å². The average Bonchev–Trinajstić information content (AvgIpc) is 2.77. The molecule has 1 heterocycles. The highest BCUT2D eigenvalue weighted by atomic mass is 32.1. The fraction of sp³-hybridized carbons (Fsp3) is 0.154. The third-order valence-electron chi connectivity index (χ3n) is 2.42. The molecule has 17 heavy (non-hydrogen) atoms. The molecule has 0 radical (unpaired) electrons. The number of rotatable bonds is 3. The summed E-state index contributed by atoms with van der Waals surface area (Å²) in [6.07, 6.45) is 0.803. The minimum atomic E-state index is -0.818. The minimum Gasteiger partial charge on any atom is -0.287 e. The maximum absolute atomic E-state index is 13.4. The van der Waals surface area contributed by atoms with Gasteiger partial charge in [0.25, 0.3) is 0 Å². The van der Waals surface area contributed by atoms with Crippen LogP contribution in [-0.4, -0.2) is 5.78 Å². The van der Waals surface area contributed by atoms with E-state index in [-0.39, 0.29) is 0 Å². The SMILES string of the molecule is CCc1ccc(C(=O)c2c(F)cccc2F)s1. The highest BCUT2D eigenvalue weighted by Gasteiger charge is 2.19. The highest BCUT2D eigenvalue weighted by Crippen LogP contribution is 2.23. The molecule has 0 atom stereocenters. The minimum absolute atomic E-state index is 0.367. The van der Waals surface area contributed by atoms with Crippen LogP contribution in [0.3, 0.4) is 0 Å². The number of carbonyl (C=O) groups is 1. The smallest absolute Gasteiger partial charge is 0.208 e. The number of aryl methyl sites for hydroxylation is 1. The summed E-state index contributed by atoms with van der Waals surface area (Å²) in [4.78, 5) is 13.3. The van der Waals surface area contributed by atoms with Crippen LogP contribution in [0.2, 0.25) is 0 Å². The van der Waals surface area contributed by atoms with Gasteiger partial charge in [-0.15, -0.1) is 11.3 Å². The molecule has 0 aliphatic carbocycles. The van der Waals surface area contributed by atoms with Crippen molar-refractivity contribution < 1.29 is 13.6 Å². The lowest BCUT2D eigenvalue weighted by atomic mass is 10.1. The second-order valence-corrected chi connectivity index (χ2v) is 4.71. The van der Waals surface area contributed by atoms with E-state index in [4.69, 9.17) is 0 Å². The zero-order valence-corrected chi connectivity index (χ0v) is 9.98. The zero-order valence-electron chi connectivity index (χ0n) is 9.17. The molecule has 0 unspecified atom stereocenters. The van der Waals surface area contributed by atoms with Crippen LogP contribution in [0.5, 0.6) is 0 Å². The van der Waals surface area contributed by atoms with E-state index in [9.17, 15) is 13.6 Å². The second kappa shape index (κ2) is 4.75. The summed E-state index contributed by atoms with van der Waals surface area (Å²) in [6, 6.07) is 6.83. The maximum Gasteiger partial charge on any atom is 0.208 e. The van der Waals surface area contributed by atoms with Gasteiger partial charge in [0.1, 0.15) is 11.6 Å². The van der Waals surface area contributed by atoms with Crippen molar-refractivity contribution in [3.05, 3.63) is 57.3 Å². The largest absolute Gasteiger partial charge is 0.287 e. The Hall–Kier alpha value is -1.55. The first kappa shape index (κ1) is 11.9. The average molecular weight is 252 g/mol. The first-order valence-electron chi connectivity index (χ1n) is 5.21. The van der Waals surface area contributed by atoms with Gasteiger partial charge in [0.05, 0.1) is 10.4 Å². The summed E-state index contributed by atoms with van der Waals surface area (Å²) >= 11 is 1.27. The number of halogens is 2. The van der Waals surface area contributed by atoms with Gasteiger partial charge in [0.2, 0.25) is 5.78 Å². The topological polar surface area (TPSA) is 17.1 Å². The quantitative estimate of drug-likeness (QED) is 0.759. The molecule has 2 rings (SSSR count). The van der Waals surface area contributed by atoms with Crippen molar-refractivity contribution in [2.75, 3.05) is 0 Å². The molecular formula is C13H10F2OS.